The van der Waals surface area contributed by atoms with E-state index in [1.54, 1.807) is 23.9 Å². The lowest BCUT2D eigenvalue weighted by atomic mass is 10.0. The Kier molecular flexibility index (Phi) is 3.29. The molecule has 1 aromatic carbocycles. The zero-order valence-corrected chi connectivity index (χ0v) is 10.5. The Morgan fingerprint density at radius 2 is 2.20 bits per heavy atom. The van der Waals surface area contributed by atoms with Crippen LogP contribution in [0, 0.1) is 0 Å². The maximum atomic E-state index is 12.0. The van der Waals surface area contributed by atoms with Crippen molar-refractivity contribution in [3.8, 4) is 0 Å². The van der Waals surface area contributed by atoms with E-state index >= 15 is 0 Å². The summed E-state index contributed by atoms with van der Waals surface area (Å²) in [4.78, 5) is 12.0. The number of carbonyl (C=O) groups is 1. The van der Waals surface area contributed by atoms with Gasteiger partial charge in [0, 0.05) is 11.3 Å². The van der Waals surface area contributed by atoms with Gasteiger partial charge in [-0.1, -0.05) is 30.1 Å². The van der Waals surface area contributed by atoms with Crippen LogP contribution in [0.5, 0.6) is 0 Å². The van der Waals surface area contributed by atoms with E-state index < -0.39 is 0 Å². The number of carbonyl (C=O) groups excluding carboxylic acids is 1. The molecule has 0 radical (unpaired) electrons. The van der Waals surface area contributed by atoms with Gasteiger partial charge < -0.3 is 0 Å². The third-order valence-electron chi connectivity index (χ3n) is 2.55. The van der Waals surface area contributed by atoms with Gasteiger partial charge in [0.25, 0.3) is 0 Å². The molecule has 80 valence electrons. The van der Waals surface area contributed by atoms with Crippen LogP contribution >= 0.6 is 35.0 Å². The van der Waals surface area contributed by atoms with Gasteiger partial charge in [0.05, 0.1) is 15.3 Å². The first kappa shape index (κ1) is 11.3. The number of ketones is 1. The summed E-state index contributed by atoms with van der Waals surface area (Å²) in [6.45, 7) is 2.03. The van der Waals surface area contributed by atoms with E-state index in [-0.39, 0.29) is 11.0 Å². The lowest BCUT2D eigenvalue weighted by Gasteiger charge is -2.22. The summed E-state index contributed by atoms with van der Waals surface area (Å²) in [7, 11) is 0. The van der Waals surface area contributed by atoms with Gasteiger partial charge >= 0.3 is 0 Å². The number of halogens is 2. The number of fused-ring (bicyclic) bond motifs is 1. The van der Waals surface area contributed by atoms with Crippen molar-refractivity contribution >= 4 is 40.7 Å². The van der Waals surface area contributed by atoms with Gasteiger partial charge in [-0.25, -0.2) is 0 Å². The van der Waals surface area contributed by atoms with Crippen LogP contribution in [0.15, 0.2) is 12.1 Å². The summed E-state index contributed by atoms with van der Waals surface area (Å²) in [5.41, 5.74) is 1.64. The maximum absolute atomic E-state index is 12.0. The van der Waals surface area contributed by atoms with Crippen molar-refractivity contribution in [1.29, 1.82) is 0 Å². The highest BCUT2D eigenvalue weighted by Gasteiger charge is 2.28. The molecule has 15 heavy (non-hydrogen) atoms. The van der Waals surface area contributed by atoms with Crippen LogP contribution in [0.25, 0.3) is 0 Å². The summed E-state index contributed by atoms with van der Waals surface area (Å²) >= 11 is 13.6. The highest BCUT2D eigenvalue weighted by molar-refractivity contribution is 8.00. The molecule has 0 aliphatic carbocycles. The molecule has 0 N–H and O–H groups in total. The van der Waals surface area contributed by atoms with Crippen molar-refractivity contribution in [3.05, 3.63) is 33.3 Å². The molecular formula is C11H10Cl2OS. The predicted molar refractivity (Wildman–Crippen MR) is 66.2 cm³/mol. The minimum Gasteiger partial charge on any atom is -0.293 e. The van der Waals surface area contributed by atoms with Gasteiger partial charge in [-0.05, 0) is 24.1 Å². The molecule has 1 aliphatic rings. The molecule has 1 aromatic rings. The third-order valence-corrected chi connectivity index (χ3v) is 4.80. The zero-order valence-electron chi connectivity index (χ0n) is 8.22. The lowest BCUT2D eigenvalue weighted by Crippen LogP contribution is -2.22. The van der Waals surface area contributed by atoms with Crippen LogP contribution < -0.4 is 0 Å². The second kappa shape index (κ2) is 4.36. The zero-order chi connectivity index (χ0) is 11.0. The molecule has 0 saturated heterocycles. The summed E-state index contributed by atoms with van der Waals surface area (Å²) in [5.74, 6) is 0.959. The Bertz CT molecular complexity index is 417. The average Bonchev–Trinajstić information content (AvgIpc) is 2.24. The summed E-state index contributed by atoms with van der Waals surface area (Å²) < 4.78 is 0. The monoisotopic (exact) mass is 260 g/mol. The molecule has 0 bridgehead atoms. The fourth-order valence-electron chi connectivity index (χ4n) is 1.70. The number of hydrogen-bond donors (Lipinski definition) is 0. The molecule has 4 heteroatoms. The van der Waals surface area contributed by atoms with E-state index in [2.05, 4.69) is 0 Å². The van der Waals surface area contributed by atoms with Crippen molar-refractivity contribution in [1.82, 2.24) is 0 Å². The van der Waals surface area contributed by atoms with Gasteiger partial charge in [0.15, 0.2) is 5.78 Å². The molecule has 0 fully saturated rings. The summed E-state index contributed by atoms with van der Waals surface area (Å²) in [6.07, 6.45) is 0.864. The van der Waals surface area contributed by atoms with Crippen LogP contribution in [0.3, 0.4) is 0 Å². The molecule has 0 saturated carbocycles. The third kappa shape index (κ3) is 1.91. The number of rotatable bonds is 1. The van der Waals surface area contributed by atoms with E-state index in [4.69, 9.17) is 23.2 Å². The normalized spacial score (nSPS) is 20.2. The number of hydrogen-bond acceptors (Lipinski definition) is 2. The van der Waals surface area contributed by atoms with Crippen molar-refractivity contribution in [2.75, 3.05) is 0 Å². The smallest absolute Gasteiger partial charge is 0.176 e. The quantitative estimate of drug-likeness (QED) is 0.753. The van der Waals surface area contributed by atoms with Crippen molar-refractivity contribution in [2.24, 2.45) is 0 Å². The lowest BCUT2D eigenvalue weighted by molar-refractivity contribution is 0.0986. The van der Waals surface area contributed by atoms with E-state index in [0.717, 1.165) is 23.3 Å². The Labute approximate surface area is 103 Å². The van der Waals surface area contributed by atoms with Crippen LogP contribution in [-0.2, 0) is 5.75 Å². The first-order valence-electron chi connectivity index (χ1n) is 4.77. The Morgan fingerprint density at radius 1 is 1.47 bits per heavy atom. The predicted octanol–water partition coefficient (Wildman–Crippen LogP) is 4.20. The summed E-state index contributed by atoms with van der Waals surface area (Å²) in [6, 6.07) is 3.48. The van der Waals surface area contributed by atoms with Crippen molar-refractivity contribution in [3.63, 3.8) is 0 Å². The molecule has 0 spiro atoms. The first-order chi connectivity index (χ1) is 7.15. The van der Waals surface area contributed by atoms with E-state index in [0.29, 0.717) is 10.0 Å². The van der Waals surface area contributed by atoms with Gasteiger partial charge in [-0.2, -0.15) is 0 Å². The van der Waals surface area contributed by atoms with Crippen LogP contribution in [0.2, 0.25) is 10.0 Å². The molecule has 1 atom stereocenters. The van der Waals surface area contributed by atoms with E-state index in [1.165, 1.54) is 0 Å². The minimum atomic E-state index is 0.0785. The highest BCUT2D eigenvalue weighted by atomic mass is 35.5. The van der Waals surface area contributed by atoms with Gasteiger partial charge in [0.2, 0.25) is 0 Å². The first-order valence-corrected chi connectivity index (χ1v) is 6.58. The van der Waals surface area contributed by atoms with Crippen molar-refractivity contribution < 1.29 is 4.79 Å². The fourth-order valence-corrected chi connectivity index (χ4v) is 3.37. The van der Waals surface area contributed by atoms with Gasteiger partial charge in [-0.15, -0.1) is 11.8 Å². The topological polar surface area (TPSA) is 17.1 Å². The number of Topliss-reactive ketones (excluding diaryl/α,β-unsaturated/α-hetero) is 1. The molecule has 0 aromatic heterocycles. The molecule has 1 nitrogen and oxygen atoms in total. The van der Waals surface area contributed by atoms with Gasteiger partial charge in [0.1, 0.15) is 0 Å². The second-order valence-corrected chi connectivity index (χ2v) is 5.44. The fraction of sp³-hybridized carbons (Fsp3) is 0.364. The van der Waals surface area contributed by atoms with Crippen LogP contribution in [-0.4, -0.2) is 11.0 Å². The van der Waals surface area contributed by atoms with E-state index in [1.807, 2.05) is 6.92 Å². The average molecular weight is 261 g/mol. The highest BCUT2D eigenvalue weighted by Crippen LogP contribution is 2.38. The summed E-state index contributed by atoms with van der Waals surface area (Å²) in [5, 5.41) is 1.14. The molecule has 1 unspecified atom stereocenters. The van der Waals surface area contributed by atoms with Crippen LogP contribution in [0.1, 0.15) is 29.3 Å². The second-order valence-electron chi connectivity index (χ2n) is 3.46. The van der Waals surface area contributed by atoms with Gasteiger partial charge in [-0.3, -0.25) is 4.79 Å². The molecule has 0 amide bonds. The Morgan fingerprint density at radius 3 is 2.87 bits per heavy atom. The largest absolute Gasteiger partial charge is 0.293 e. The minimum absolute atomic E-state index is 0.0785. The maximum Gasteiger partial charge on any atom is 0.176 e. The van der Waals surface area contributed by atoms with E-state index in [9.17, 15) is 4.79 Å². The number of thioether (sulfide) groups is 1. The Hall–Kier alpha value is -0.180. The molecule has 1 aliphatic heterocycles. The SMILES string of the molecule is CCC1SCc2c(ccc(Cl)c2Cl)C1=O. The standard InChI is InChI=1S/C11H10Cl2OS/c1-2-9-11(14)6-3-4-8(12)10(13)7(6)5-15-9/h3-4,9H,2,5H2,1H3. The molecular weight excluding hydrogens is 251 g/mol. The Balaban J connectivity index is 2.50. The van der Waals surface area contributed by atoms with Crippen molar-refractivity contribution in [2.45, 2.75) is 24.3 Å². The molecule has 1 heterocycles. The molecule has 2 rings (SSSR count). The van der Waals surface area contributed by atoms with Crippen LogP contribution in [0.4, 0.5) is 0 Å². The number of benzene rings is 1.